The average molecular weight is 370 g/mol. The molecule has 0 unspecified atom stereocenters. The van der Waals surface area contributed by atoms with E-state index in [1.807, 2.05) is 6.07 Å². The van der Waals surface area contributed by atoms with Crippen LogP contribution in [0.4, 0.5) is 0 Å². The maximum Gasteiger partial charge on any atom is 0.276 e. The van der Waals surface area contributed by atoms with E-state index < -0.39 is 5.91 Å². The fourth-order valence-corrected chi connectivity index (χ4v) is 5.68. The third kappa shape index (κ3) is 3.39. The van der Waals surface area contributed by atoms with Crippen molar-refractivity contribution in [3.8, 4) is 0 Å². The molecule has 2 saturated carbocycles. The van der Waals surface area contributed by atoms with E-state index in [9.17, 15) is 4.79 Å². The number of carbonyl (C=O) groups is 1. The van der Waals surface area contributed by atoms with Crippen LogP contribution in [0.2, 0.25) is 0 Å². The van der Waals surface area contributed by atoms with Crippen LogP contribution in [-0.4, -0.2) is 57.6 Å². The molecule has 27 heavy (non-hydrogen) atoms. The highest BCUT2D eigenvalue weighted by molar-refractivity contribution is 5.93. The quantitative estimate of drug-likeness (QED) is 0.631. The summed E-state index contributed by atoms with van der Waals surface area (Å²) >= 11 is 0. The van der Waals surface area contributed by atoms with Gasteiger partial charge in [-0.1, -0.05) is 0 Å². The Labute approximate surface area is 160 Å². The van der Waals surface area contributed by atoms with Crippen LogP contribution in [0.25, 0.3) is 0 Å². The van der Waals surface area contributed by atoms with Gasteiger partial charge in [0.1, 0.15) is 0 Å². The molecule has 1 aromatic heterocycles. The molecule has 3 fully saturated rings. The third-order valence-electron chi connectivity index (χ3n) is 7.56. The van der Waals surface area contributed by atoms with Crippen LogP contribution >= 0.6 is 0 Å². The molecule has 3 heterocycles. The van der Waals surface area contributed by atoms with Gasteiger partial charge in [0.05, 0.1) is 11.3 Å². The van der Waals surface area contributed by atoms with Crippen molar-refractivity contribution in [3.63, 3.8) is 0 Å². The summed E-state index contributed by atoms with van der Waals surface area (Å²) in [5, 5.41) is 8.81. The molecular weight excluding hydrogens is 340 g/mol. The Balaban J connectivity index is 1.22. The Morgan fingerprint density at radius 1 is 1.11 bits per heavy atom. The fraction of sp³-hybridized carbons (Fsp3) is 0.714. The van der Waals surface area contributed by atoms with Gasteiger partial charge in [0.25, 0.3) is 5.91 Å². The smallest absolute Gasteiger partial charge is 0.276 e. The summed E-state index contributed by atoms with van der Waals surface area (Å²) in [4.78, 5) is 21.5. The summed E-state index contributed by atoms with van der Waals surface area (Å²) in [5.41, 5.74) is 4.97. The molecule has 4 aliphatic rings. The lowest BCUT2D eigenvalue weighted by Crippen LogP contribution is -2.42. The number of amides is 1. The van der Waals surface area contributed by atoms with E-state index in [0.29, 0.717) is 17.0 Å². The Morgan fingerprint density at radius 3 is 2.67 bits per heavy atom. The van der Waals surface area contributed by atoms with E-state index in [-0.39, 0.29) is 0 Å². The molecule has 1 saturated heterocycles. The second-order valence-corrected chi connectivity index (χ2v) is 9.15. The van der Waals surface area contributed by atoms with Gasteiger partial charge in [-0.3, -0.25) is 19.9 Å². The van der Waals surface area contributed by atoms with Crippen LogP contribution < -0.4 is 5.48 Å². The summed E-state index contributed by atoms with van der Waals surface area (Å²) in [6.07, 6.45) is 12.2. The molecule has 1 aromatic rings. The van der Waals surface area contributed by atoms with E-state index in [1.165, 1.54) is 58.0 Å². The summed E-state index contributed by atoms with van der Waals surface area (Å²) in [7, 11) is 0. The van der Waals surface area contributed by atoms with Crippen molar-refractivity contribution < 1.29 is 10.0 Å². The number of aromatic nitrogens is 1. The first-order valence-corrected chi connectivity index (χ1v) is 10.6. The van der Waals surface area contributed by atoms with E-state index in [4.69, 9.17) is 5.21 Å². The lowest BCUT2D eigenvalue weighted by atomic mass is 9.76. The minimum absolute atomic E-state index is 0.437. The monoisotopic (exact) mass is 370 g/mol. The number of hydrogen-bond donors (Lipinski definition) is 2. The van der Waals surface area contributed by atoms with Gasteiger partial charge in [0.15, 0.2) is 0 Å². The highest BCUT2D eigenvalue weighted by atomic mass is 16.5. The normalized spacial score (nSPS) is 28.3. The first kappa shape index (κ1) is 17.6. The second kappa shape index (κ2) is 6.83. The lowest BCUT2D eigenvalue weighted by molar-refractivity contribution is 0.0705. The third-order valence-corrected chi connectivity index (χ3v) is 7.56. The number of fused-ring (bicyclic) bond motifs is 1. The maximum absolute atomic E-state index is 11.6. The van der Waals surface area contributed by atoms with Crippen LogP contribution in [0.5, 0.6) is 0 Å². The predicted octanol–water partition coefficient (Wildman–Crippen LogP) is 2.36. The van der Waals surface area contributed by atoms with Crippen molar-refractivity contribution in [2.75, 3.05) is 19.6 Å². The number of nitrogens with one attached hydrogen (secondary N) is 1. The molecule has 0 bridgehead atoms. The molecule has 2 N–H and O–H groups in total. The molecule has 0 aromatic carbocycles. The Kier molecular flexibility index (Phi) is 4.45. The zero-order chi connectivity index (χ0) is 18.4. The van der Waals surface area contributed by atoms with Gasteiger partial charge in [-0.25, -0.2) is 5.48 Å². The number of likely N-dealkylation sites (tertiary alicyclic amines) is 1. The van der Waals surface area contributed by atoms with Gasteiger partial charge in [0.2, 0.25) is 0 Å². The molecule has 6 nitrogen and oxygen atoms in total. The SMILES string of the molecule is O=C(NO)c1cnc2c(c1)CCN([C@H]1CCC3(CCN(C4CC4)CC3)C1)C2. The lowest BCUT2D eigenvalue weighted by Gasteiger charge is -2.41. The zero-order valence-corrected chi connectivity index (χ0v) is 16.0. The summed E-state index contributed by atoms with van der Waals surface area (Å²) in [6, 6.07) is 3.49. The molecule has 1 amide bonds. The topological polar surface area (TPSA) is 68.7 Å². The molecule has 6 heteroatoms. The van der Waals surface area contributed by atoms with Crippen molar-refractivity contribution in [3.05, 3.63) is 29.1 Å². The van der Waals surface area contributed by atoms with Crippen molar-refractivity contribution in [2.45, 2.75) is 70.0 Å². The van der Waals surface area contributed by atoms with Crippen molar-refractivity contribution in [2.24, 2.45) is 5.41 Å². The number of hydrogen-bond acceptors (Lipinski definition) is 5. The largest absolute Gasteiger partial charge is 0.300 e. The highest BCUT2D eigenvalue weighted by Crippen LogP contribution is 2.49. The van der Waals surface area contributed by atoms with Crippen LogP contribution in [0, 0.1) is 5.41 Å². The summed E-state index contributed by atoms with van der Waals surface area (Å²) in [5.74, 6) is -0.483. The molecule has 2 aliphatic heterocycles. The van der Waals surface area contributed by atoms with Crippen LogP contribution in [0.1, 0.15) is 66.6 Å². The Morgan fingerprint density at radius 2 is 1.93 bits per heavy atom. The van der Waals surface area contributed by atoms with E-state index >= 15 is 0 Å². The molecule has 1 spiro atoms. The molecule has 2 aliphatic carbocycles. The van der Waals surface area contributed by atoms with E-state index in [1.54, 1.807) is 11.7 Å². The number of nitrogens with zero attached hydrogens (tertiary/aromatic N) is 3. The van der Waals surface area contributed by atoms with Crippen molar-refractivity contribution >= 4 is 5.91 Å². The van der Waals surface area contributed by atoms with Gasteiger partial charge < -0.3 is 4.90 Å². The number of rotatable bonds is 3. The minimum atomic E-state index is -0.483. The minimum Gasteiger partial charge on any atom is -0.300 e. The Bertz CT molecular complexity index is 725. The number of pyridine rings is 1. The zero-order valence-electron chi connectivity index (χ0n) is 16.0. The maximum atomic E-state index is 11.6. The van der Waals surface area contributed by atoms with E-state index in [2.05, 4.69) is 14.8 Å². The van der Waals surface area contributed by atoms with Crippen LogP contribution in [-0.2, 0) is 13.0 Å². The number of carbonyl (C=O) groups excluding carboxylic acids is 1. The Hall–Kier alpha value is -1.50. The predicted molar refractivity (Wildman–Crippen MR) is 102 cm³/mol. The molecule has 1 atom stereocenters. The van der Waals surface area contributed by atoms with Crippen molar-refractivity contribution in [1.29, 1.82) is 0 Å². The van der Waals surface area contributed by atoms with Gasteiger partial charge in [-0.05, 0) is 81.5 Å². The van der Waals surface area contributed by atoms with Gasteiger partial charge in [-0.15, -0.1) is 0 Å². The molecule has 5 rings (SSSR count). The molecular formula is C21H30N4O2. The summed E-state index contributed by atoms with van der Waals surface area (Å²) in [6.45, 7) is 4.58. The van der Waals surface area contributed by atoms with Crippen LogP contribution in [0.3, 0.4) is 0 Å². The summed E-state index contributed by atoms with van der Waals surface area (Å²) < 4.78 is 0. The molecule has 146 valence electrons. The second-order valence-electron chi connectivity index (χ2n) is 9.15. The van der Waals surface area contributed by atoms with Gasteiger partial charge >= 0.3 is 0 Å². The van der Waals surface area contributed by atoms with Gasteiger partial charge in [-0.2, -0.15) is 0 Å². The van der Waals surface area contributed by atoms with Crippen LogP contribution in [0.15, 0.2) is 12.3 Å². The molecule has 0 radical (unpaired) electrons. The first-order valence-electron chi connectivity index (χ1n) is 10.6. The van der Waals surface area contributed by atoms with Crippen molar-refractivity contribution in [1.82, 2.24) is 20.3 Å². The number of piperidine rings is 1. The van der Waals surface area contributed by atoms with E-state index in [0.717, 1.165) is 36.8 Å². The fourth-order valence-electron chi connectivity index (χ4n) is 5.68. The standard InChI is InChI=1S/C21H30N4O2/c26-20(23-27)16-11-15-4-8-25(14-19(15)22-13-16)18-3-5-21(12-18)6-9-24(10-7-21)17-1-2-17/h11,13,17-18,27H,1-10,12,14H2,(H,23,26)/t18-/m0/s1. The first-order chi connectivity index (χ1) is 13.2. The van der Waals surface area contributed by atoms with Gasteiger partial charge in [0, 0.05) is 31.4 Å². The number of hydroxylamine groups is 1. The average Bonchev–Trinajstić information content (AvgIpc) is 3.48. The highest BCUT2D eigenvalue weighted by Gasteiger charge is 2.45.